The Hall–Kier alpha value is -2.18. The largest absolute Gasteiger partial charge is 0.350 e. The maximum atomic E-state index is 12.3. The molecule has 3 N–H and O–H groups in total. The summed E-state index contributed by atoms with van der Waals surface area (Å²) in [7, 11) is 0. The van der Waals surface area contributed by atoms with Gasteiger partial charge in [0, 0.05) is 37.4 Å². The Kier molecular flexibility index (Phi) is 6.52. The van der Waals surface area contributed by atoms with Gasteiger partial charge in [-0.3, -0.25) is 4.79 Å². The van der Waals surface area contributed by atoms with E-state index in [1.54, 1.807) is 6.20 Å². The Morgan fingerprint density at radius 2 is 2.08 bits per heavy atom. The van der Waals surface area contributed by atoms with Crippen molar-refractivity contribution in [1.29, 1.82) is 0 Å². The van der Waals surface area contributed by atoms with Crippen LogP contribution in [0.4, 0.5) is 5.82 Å². The van der Waals surface area contributed by atoms with Crippen LogP contribution in [0.1, 0.15) is 28.8 Å². The average Bonchev–Trinajstić information content (AvgIpc) is 3.09. The molecule has 1 aromatic carbocycles. The number of nitrogens with one attached hydrogen (secondary N) is 1. The van der Waals surface area contributed by atoms with Crippen LogP contribution in [0.25, 0.3) is 0 Å². The van der Waals surface area contributed by atoms with Gasteiger partial charge in [0.15, 0.2) is 5.82 Å². The maximum Gasteiger partial charge on any atom is 0.251 e. The molecule has 3 rings (SSSR count). The van der Waals surface area contributed by atoms with Crippen LogP contribution in [0.3, 0.4) is 0 Å². The zero-order valence-corrected chi connectivity index (χ0v) is 14.2. The number of anilines is 1. The minimum absolute atomic E-state index is 0. The van der Waals surface area contributed by atoms with Crippen molar-refractivity contribution < 1.29 is 4.79 Å². The molecule has 24 heavy (non-hydrogen) atoms. The van der Waals surface area contributed by atoms with Gasteiger partial charge in [-0.25, -0.2) is 0 Å². The van der Waals surface area contributed by atoms with Gasteiger partial charge < -0.3 is 16.0 Å². The topological polar surface area (TPSA) is 84.1 Å². The van der Waals surface area contributed by atoms with E-state index < -0.39 is 0 Å². The first-order valence-electron chi connectivity index (χ1n) is 7.89. The van der Waals surface area contributed by atoms with E-state index in [0.29, 0.717) is 18.7 Å². The Balaban J connectivity index is 0.00000208. The van der Waals surface area contributed by atoms with Crippen molar-refractivity contribution in [2.45, 2.75) is 25.4 Å². The maximum absolute atomic E-state index is 12.3. The van der Waals surface area contributed by atoms with Gasteiger partial charge in [0.1, 0.15) is 0 Å². The highest BCUT2D eigenvalue weighted by atomic mass is 35.5. The van der Waals surface area contributed by atoms with Crippen LogP contribution in [0.15, 0.2) is 42.6 Å². The lowest BCUT2D eigenvalue weighted by molar-refractivity contribution is 0.0951. The molecule has 6 nitrogen and oxygen atoms in total. The third-order valence-electron chi connectivity index (χ3n) is 4.18. The molecule has 7 heteroatoms. The lowest BCUT2D eigenvalue weighted by Gasteiger charge is -2.25. The molecule has 1 aliphatic heterocycles. The van der Waals surface area contributed by atoms with Gasteiger partial charge >= 0.3 is 0 Å². The number of aromatic nitrogens is 2. The van der Waals surface area contributed by atoms with Crippen LogP contribution in [-0.2, 0) is 6.54 Å². The summed E-state index contributed by atoms with van der Waals surface area (Å²) in [6.45, 7) is 2.04. The number of carbonyl (C=O) groups excluding carboxylic acids is 1. The number of nitrogens with two attached hydrogens (primary N) is 1. The fraction of sp³-hybridized carbons (Fsp3) is 0.353. The van der Waals surface area contributed by atoms with Crippen molar-refractivity contribution in [3.63, 3.8) is 0 Å². The third-order valence-corrected chi connectivity index (χ3v) is 4.18. The van der Waals surface area contributed by atoms with Gasteiger partial charge in [-0.05, 0) is 42.7 Å². The van der Waals surface area contributed by atoms with Crippen molar-refractivity contribution in [2.75, 3.05) is 18.0 Å². The van der Waals surface area contributed by atoms with Crippen molar-refractivity contribution in [3.05, 3.63) is 53.7 Å². The summed E-state index contributed by atoms with van der Waals surface area (Å²) in [6, 6.07) is 11.5. The van der Waals surface area contributed by atoms with Gasteiger partial charge in [0.05, 0.1) is 0 Å². The average molecular weight is 348 g/mol. The standard InChI is InChI=1S/C17H21N5O.ClH/c18-11-13-5-7-14(8-6-13)17(23)19-12-15-3-2-10-22(15)16-4-1-9-20-21-16;/h1,4-9,15H,2-3,10-12,18H2,(H,19,23);1H. The second-order valence-electron chi connectivity index (χ2n) is 5.68. The predicted molar refractivity (Wildman–Crippen MR) is 96.3 cm³/mol. The number of amides is 1. The van der Waals surface area contributed by atoms with Crippen LogP contribution in [0.5, 0.6) is 0 Å². The minimum atomic E-state index is -0.0560. The lowest BCUT2D eigenvalue weighted by atomic mass is 10.1. The quantitative estimate of drug-likeness (QED) is 0.861. The van der Waals surface area contributed by atoms with E-state index in [0.717, 1.165) is 30.8 Å². The molecular formula is C17H22ClN5O. The Bertz CT molecular complexity index is 650. The highest BCUT2D eigenvalue weighted by Crippen LogP contribution is 2.22. The summed E-state index contributed by atoms with van der Waals surface area (Å²) in [5, 5.41) is 11.1. The lowest BCUT2D eigenvalue weighted by Crippen LogP contribution is -2.40. The molecule has 1 unspecified atom stereocenters. The molecule has 1 amide bonds. The van der Waals surface area contributed by atoms with Crippen molar-refractivity contribution in [3.8, 4) is 0 Å². The van der Waals surface area contributed by atoms with E-state index >= 15 is 0 Å². The second kappa shape index (κ2) is 8.61. The molecule has 1 saturated heterocycles. The summed E-state index contributed by atoms with van der Waals surface area (Å²) in [5.41, 5.74) is 7.25. The second-order valence-corrected chi connectivity index (χ2v) is 5.68. The zero-order chi connectivity index (χ0) is 16.1. The molecule has 0 aliphatic carbocycles. The highest BCUT2D eigenvalue weighted by molar-refractivity contribution is 5.94. The Morgan fingerprint density at radius 1 is 1.29 bits per heavy atom. The van der Waals surface area contributed by atoms with Crippen LogP contribution in [0, 0.1) is 0 Å². The molecule has 2 aromatic rings. The van der Waals surface area contributed by atoms with E-state index in [9.17, 15) is 4.79 Å². The number of benzene rings is 1. The van der Waals surface area contributed by atoms with Gasteiger partial charge in [-0.1, -0.05) is 12.1 Å². The first-order chi connectivity index (χ1) is 11.3. The zero-order valence-electron chi connectivity index (χ0n) is 13.4. The molecule has 0 spiro atoms. The molecule has 0 saturated carbocycles. The molecule has 1 aromatic heterocycles. The number of halogens is 1. The van der Waals surface area contributed by atoms with Crippen molar-refractivity contribution in [1.82, 2.24) is 15.5 Å². The first kappa shape index (κ1) is 18.2. The monoisotopic (exact) mass is 347 g/mol. The molecule has 2 heterocycles. The minimum Gasteiger partial charge on any atom is -0.350 e. The number of carbonyl (C=O) groups is 1. The van der Waals surface area contributed by atoms with Gasteiger partial charge in [0.25, 0.3) is 5.91 Å². The van der Waals surface area contributed by atoms with Crippen LogP contribution >= 0.6 is 12.4 Å². The Labute approximate surface area is 147 Å². The number of hydrogen-bond donors (Lipinski definition) is 2. The van der Waals surface area contributed by atoms with Crippen LogP contribution in [0.2, 0.25) is 0 Å². The SMILES string of the molecule is Cl.NCc1ccc(C(=O)NCC2CCCN2c2cccnn2)cc1. The molecule has 0 bridgehead atoms. The van der Waals surface area contributed by atoms with Gasteiger partial charge in [-0.15, -0.1) is 17.5 Å². The summed E-state index contributed by atoms with van der Waals surface area (Å²) in [5.74, 6) is 0.816. The molecule has 0 radical (unpaired) electrons. The molecule has 1 aliphatic rings. The molecule has 128 valence electrons. The summed E-state index contributed by atoms with van der Waals surface area (Å²) >= 11 is 0. The van der Waals surface area contributed by atoms with E-state index in [2.05, 4.69) is 20.4 Å². The molecule has 1 atom stereocenters. The number of rotatable bonds is 5. The predicted octanol–water partition coefficient (Wildman–Crippen LogP) is 1.76. The number of nitrogens with zero attached hydrogens (tertiary/aromatic N) is 3. The van der Waals surface area contributed by atoms with E-state index in [1.165, 1.54) is 0 Å². The van der Waals surface area contributed by atoms with E-state index in [-0.39, 0.29) is 24.4 Å². The first-order valence-corrected chi connectivity index (χ1v) is 7.89. The van der Waals surface area contributed by atoms with Crippen LogP contribution < -0.4 is 16.0 Å². The fourth-order valence-corrected chi connectivity index (χ4v) is 2.90. The van der Waals surface area contributed by atoms with E-state index in [1.807, 2.05) is 36.4 Å². The molecular weight excluding hydrogens is 326 g/mol. The van der Waals surface area contributed by atoms with E-state index in [4.69, 9.17) is 5.73 Å². The summed E-state index contributed by atoms with van der Waals surface area (Å²) in [4.78, 5) is 14.5. The van der Waals surface area contributed by atoms with Gasteiger partial charge in [0.2, 0.25) is 0 Å². The van der Waals surface area contributed by atoms with Crippen molar-refractivity contribution >= 4 is 24.1 Å². The van der Waals surface area contributed by atoms with Crippen molar-refractivity contribution in [2.24, 2.45) is 5.73 Å². The number of hydrogen-bond acceptors (Lipinski definition) is 5. The summed E-state index contributed by atoms with van der Waals surface area (Å²) < 4.78 is 0. The smallest absolute Gasteiger partial charge is 0.251 e. The Morgan fingerprint density at radius 3 is 2.75 bits per heavy atom. The summed E-state index contributed by atoms with van der Waals surface area (Å²) in [6.07, 6.45) is 3.81. The molecule has 1 fully saturated rings. The highest BCUT2D eigenvalue weighted by Gasteiger charge is 2.26. The fourth-order valence-electron chi connectivity index (χ4n) is 2.90. The van der Waals surface area contributed by atoms with Gasteiger partial charge in [-0.2, -0.15) is 5.10 Å². The normalized spacial score (nSPS) is 16.5. The third kappa shape index (κ3) is 4.21. The van der Waals surface area contributed by atoms with Crippen LogP contribution in [-0.4, -0.2) is 35.2 Å².